The monoisotopic (exact) mass is 429 g/mol. The maximum Gasteiger partial charge on any atom is 0.321 e. The fourth-order valence-electron chi connectivity index (χ4n) is 3.28. The first-order chi connectivity index (χ1) is 14.5. The number of rotatable bonds is 8. The van der Waals surface area contributed by atoms with Crippen LogP contribution in [0.3, 0.4) is 0 Å². The van der Waals surface area contributed by atoms with Gasteiger partial charge in [0, 0.05) is 37.3 Å². The van der Waals surface area contributed by atoms with Crippen molar-refractivity contribution in [2.75, 3.05) is 38.6 Å². The van der Waals surface area contributed by atoms with Crippen LogP contribution in [0.5, 0.6) is 5.75 Å². The van der Waals surface area contributed by atoms with E-state index in [2.05, 4.69) is 5.32 Å². The van der Waals surface area contributed by atoms with Crippen molar-refractivity contribution < 1.29 is 14.3 Å². The van der Waals surface area contributed by atoms with Crippen molar-refractivity contribution in [2.24, 2.45) is 0 Å². The lowest BCUT2D eigenvalue weighted by molar-refractivity contribution is -0.130. The van der Waals surface area contributed by atoms with Crippen LogP contribution in [0.1, 0.15) is 24.8 Å². The normalized spacial score (nSPS) is 13.2. The lowest BCUT2D eigenvalue weighted by atomic mass is 10.1. The SMILES string of the molecule is CN(CCOc1ccc(Cl)cc1)C(=O)Nc1ccc(CCC(=O)N2CCCC2)cc1. The molecule has 2 aromatic rings. The summed E-state index contributed by atoms with van der Waals surface area (Å²) in [6.07, 6.45) is 3.47. The third kappa shape index (κ3) is 6.66. The number of amides is 3. The van der Waals surface area contributed by atoms with E-state index < -0.39 is 0 Å². The summed E-state index contributed by atoms with van der Waals surface area (Å²) < 4.78 is 5.62. The molecule has 1 N–H and O–H groups in total. The second-order valence-electron chi connectivity index (χ2n) is 7.44. The smallest absolute Gasteiger partial charge is 0.321 e. The molecule has 1 heterocycles. The van der Waals surface area contributed by atoms with Crippen molar-refractivity contribution >= 4 is 29.2 Å². The summed E-state index contributed by atoms with van der Waals surface area (Å²) >= 11 is 5.85. The quantitative estimate of drug-likeness (QED) is 0.674. The van der Waals surface area contributed by atoms with Gasteiger partial charge in [0.1, 0.15) is 12.4 Å². The van der Waals surface area contributed by atoms with Crippen LogP contribution in [-0.4, -0.2) is 55.0 Å². The molecule has 0 aliphatic carbocycles. The van der Waals surface area contributed by atoms with Crippen LogP contribution >= 0.6 is 11.6 Å². The summed E-state index contributed by atoms with van der Waals surface area (Å²) in [4.78, 5) is 28.0. The van der Waals surface area contributed by atoms with Crippen LogP contribution in [-0.2, 0) is 11.2 Å². The van der Waals surface area contributed by atoms with Gasteiger partial charge in [0.15, 0.2) is 0 Å². The van der Waals surface area contributed by atoms with Crippen LogP contribution in [0, 0.1) is 0 Å². The standard InChI is InChI=1S/C23H28ClN3O3/c1-26(16-17-30-21-11-7-19(24)8-12-21)23(29)25-20-9-4-18(5-10-20)6-13-22(28)27-14-2-3-15-27/h4-5,7-12H,2-3,6,13-17H2,1H3,(H,25,29). The summed E-state index contributed by atoms with van der Waals surface area (Å²) in [7, 11) is 1.72. The molecule has 3 rings (SSSR count). The predicted molar refractivity (Wildman–Crippen MR) is 119 cm³/mol. The van der Waals surface area contributed by atoms with E-state index in [1.54, 1.807) is 36.2 Å². The topological polar surface area (TPSA) is 61.9 Å². The molecule has 0 spiro atoms. The average Bonchev–Trinajstić information content (AvgIpc) is 3.29. The Bertz CT molecular complexity index is 834. The van der Waals surface area contributed by atoms with Gasteiger partial charge in [-0.05, 0) is 61.2 Å². The maximum atomic E-state index is 12.3. The Balaban J connectivity index is 1.38. The Kier molecular flexibility index (Phi) is 7.97. The van der Waals surface area contributed by atoms with Crippen molar-refractivity contribution in [3.05, 3.63) is 59.1 Å². The third-order valence-corrected chi connectivity index (χ3v) is 5.40. The number of anilines is 1. The molecule has 30 heavy (non-hydrogen) atoms. The first-order valence-corrected chi connectivity index (χ1v) is 10.7. The summed E-state index contributed by atoms with van der Waals surface area (Å²) in [6, 6.07) is 14.6. The van der Waals surface area contributed by atoms with Gasteiger partial charge in [-0.25, -0.2) is 4.79 Å². The molecule has 0 aromatic heterocycles. The average molecular weight is 430 g/mol. The molecule has 3 amide bonds. The molecule has 1 fully saturated rings. The number of nitrogens with zero attached hydrogens (tertiary/aromatic N) is 2. The van der Waals surface area contributed by atoms with E-state index in [0.717, 1.165) is 37.2 Å². The number of ether oxygens (including phenoxy) is 1. The van der Waals surface area contributed by atoms with Crippen LogP contribution < -0.4 is 10.1 Å². The molecular weight excluding hydrogens is 402 g/mol. The molecule has 2 aromatic carbocycles. The minimum Gasteiger partial charge on any atom is -0.492 e. The van der Waals surface area contributed by atoms with Crippen molar-refractivity contribution in [2.45, 2.75) is 25.7 Å². The number of urea groups is 1. The van der Waals surface area contributed by atoms with Crippen LogP contribution in [0.15, 0.2) is 48.5 Å². The summed E-state index contributed by atoms with van der Waals surface area (Å²) in [5.74, 6) is 0.944. The first-order valence-electron chi connectivity index (χ1n) is 10.3. The zero-order chi connectivity index (χ0) is 21.3. The van der Waals surface area contributed by atoms with Crippen molar-refractivity contribution in [3.63, 3.8) is 0 Å². The van der Waals surface area contributed by atoms with E-state index >= 15 is 0 Å². The molecule has 7 heteroatoms. The number of benzene rings is 2. The number of nitrogens with one attached hydrogen (secondary N) is 1. The second kappa shape index (κ2) is 10.9. The number of hydrogen-bond donors (Lipinski definition) is 1. The van der Waals surface area contributed by atoms with Gasteiger partial charge in [0.05, 0.1) is 6.54 Å². The lowest BCUT2D eigenvalue weighted by Crippen LogP contribution is -2.34. The predicted octanol–water partition coefficient (Wildman–Crippen LogP) is 4.44. The number of likely N-dealkylation sites (N-methyl/N-ethyl adjacent to an activating group) is 1. The Morgan fingerprint density at radius 1 is 1.07 bits per heavy atom. The van der Waals surface area contributed by atoms with Crippen molar-refractivity contribution in [3.8, 4) is 5.75 Å². The fourth-order valence-corrected chi connectivity index (χ4v) is 3.41. The molecule has 0 bridgehead atoms. The van der Waals surface area contributed by atoms with Crippen LogP contribution in [0.2, 0.25) is 5.02 Å². The van der Waals surface area contributed by atoms with Crippen LogP contribution in [0.25, 0.3) is 0 Å². The molecule has 6 nitrogen and oxygen atoms in total. The molecule has 0 unspecified atom stereocenters. The first kappa shape index (κ1) is 22.0. The minimum atomic E-state index is -0.202. The van der Waals surface area contributed by atoms with Gasteiger partial charge < -0.3 is 19.9 Å². The molecular formula is C23H28ClN3O3. The van der Waals surface area contributed by atoms with Gasteiger partial charge in [-0.2, -0.15) is 0 Å². The van der Waals surface area contributed by atoms with E-state index in [1.165, 1.54) is 0 Å². The highest BCUT2D eigenvalue weighted by molar-refractivity contribution is 6.30. The molecule has 160 valence electrons. The Hall–Kier alpha value is -2.73. The Morgan fingerprint density at radius 2 is 1.73 bits per heavy atom. The van der Waals surface area contributed by atoms with E-state index in [1.807, 2.05) is 29.2 Å². The van der Waals surface area contributed by atoms with Crippen molar-refractivity contribution in [1.29, 1.82) is 0 Å². The van der Waals surface area contributed by atoms with E-state index in [-0.39, 0.29) is 11.9 Å². The summed E-state index contributed by atoms with van der Waals surface area (Å²) in [5, 5.41) is 3.53. The van der Waals surface area contributed by atoms with E-state index in [9.17, 15) is 9.59 Å². The summed E-state index contributed by atoms with van der Waals surface area (Å²) in [6.45, 7) is 2.62. The number of halogens is 1. The number of likely N-dealkylation sites (tertiary alicyclic amines) is 1. The van der Waals surface area contributed by atoms with Gasteiger partial charge in [0.25, 0.3) is 0 Å². The molecule has 1 aliphatic heterocycles. The Labute approximate surface area is 182 Å². The van der Waals surface area contributed by atoms with Gasteiger partial charge in [-0.3, -0.25) is 4.79 Å². The van der Waals surface area contributed by atoms with E-state index in [4.69, 9.17) is 16.3 Å². The number of aryl methyl sites for hydroxylation is 1. The highest BCUT2D eigenvalue weighted by atomic mass is 35.5. The molecule has 1 aliphatic rings. The van der Waals surface area contributed by atoms with E-state index in [0.29, 0.717) is 36.8 Å². The molecule has 1 saturated heterocycles. The highest BCUT2D eigenvalue weighted by Gasteiger charge is 2.17. The van der Waals surface area contributed by atoms with Crippen LogP contribution in [0.4, 0.5) is 10.5 Å². The van der Waals surface area contributed by atoms with Gasteiger partial charge in [-0.15, -0.1) is 0 Å². The molecule has 0 saturated carbocycles. The Morgan fingerprint density at radius 3 is 2.40 bits per heavy atom. The lowest BCUT2D eigenvalue weighted by Gasteiger charge is -2.18. The van der Waals surface area contributed by atoms with Gasteiger partial charge >= 0.3 is 6.03 Å². The minimum absolute atomic E-state index is 0.202. The zero-order valence-corrected chi connectivity index (χ0v) is 18.0. The third-order valence-electron chi connectivity index (χ3n) is 5.15. The number of carbonyl (C=O) groups is 2. The highest BCUT2D eigenvalue weighted by Crippen LogP contribution is 2.16. The summed E-state index contributed by atoms with van der Waals surface area (Å²) in [5.41, 5.74) is 1.81. The largest absolute Gasteiger partial charge is 0.492 e. The maximum absolute atomic E-state index is 12.3. The van der Waals surface area contributed by atoms with Gasteiger partial charge in [0.2, 0.25) is 5.91 Å². The molecule has 0 atom stereocenters. The van der Waals surface area contributed by atoms with Crippen molar-refractivity contribution in [1.82, 2.24) is 9.80 Å². The number of hydrogen-bond acceptors (Lipinski definition) is 3. The fraction of sp³-hybridized carbons (Fsp3) is 0.391. The number of carbonyl (C=O) groups excluding carboxylic acids is 2. The zero-order valence-electron chi connectivity index (χ0n) is 17.3. The molecule has 0 radical (unpaired) electrons. The second-order valence-corrected chi connectivity index (χ2v) is 7.88. The van der Waals surface area contributed by atoms with Gasteiger partial charge in [-0.1, -0.05) is 23.7 Å².